The van der Waals surface area contributed by atoms with Crippen molar-refractivity contribution >= 4 is 6.29 Å². The number of aromatic nitrogens is 2. The number of rotatable bonds is 7. The average molecular weight is 559 g/mol. The van der Waals surface area contributed by atoms with Crippen LogP contribution in [0.15, 0.2) is 72.8 Å². The smallest absolute Gasteiger partial charge is 0.161 e. The number of aromatic amines is 1. The van der Waals surface area contributed by atoms with Crippen LogP contribution in [0.3, 0.4) is 0 Å². The van der Waals surface area contributed by atoms with E-state index < -0.39 is 0 Å². The SMILES string of the molecule is COc1ccc(-c2[nH]c(-c3cc4ccc3CCc3ccc(cc3C=O)CC4)nc2-c2ccc(OC)c(OC)c2)cc1C. The molecule has 42 heavy (non-hydrogen) atoms. The standard InChI is InChI=1S/C36H34N2O4/c1-22-17-27(13-15-31(22)40-2)34-35(28-14-16-32(41-3)33(20-28)42-4)38-36(37-34)30-19-24-6-5-23-7-9-25(29(18-23)21-39)11-12-26(30)10-8-24/h7-10,13-21H,5-6,11-12H2,1-4H3,(H,37,38). The molecule has 0 radical (unpaired) electrons. The summed E-state index contributed by atoms with van der Waals surface area (Å²) in [4.78, 5) is 20.8. The lowest BCUT2D eigenvalue weighted by atomic mass is 9.91. The topological polar surface area (TPSA) is 73.4 Å². The van der Waals surface area contributed by atoms with E-state index in [1.807, 2.05) is 37.3 Å². The highest BCUT2D eigenvalue weighted by atomic mass is 16.5. The van der Waals surface area contributed by atoms with Gasteiger partial charge < -0.3 is 19.2 Å². The van der Waals surface area contributed by atoms with Gasteiger partial charge in [0.15, 0.2) is 11.5 Å². The van der Waals surface area contributed by atoms with Gasteiger partial charge in [0.2, 0.25) is 0 Å². The van der Waals surface area contributed by atoms with Crippen LogP contribution in [-0.2, 0) is 25.7 Å². The fourth-order valence-electron chi connectivity index (χ4n) is 5.85. The highest BCUT2D eigenvalue weighted by molar-refractivity contribution is 5.83. The van der Waals surface area contributed by atoms with Gasteiger partial charge in [0.1, 0.15) is 17.9 Å². The minimum absolute atomic E-state index is 0.644. The molecule has 4 aromatic carbocycles. The Balaban J connectivity index is 1.51. The van der Waals surface area contributed by atoms with Crippen molar-refractivity contribution in [1.82, 2.24) is 9.97 Å². The van der Waals surface area contributed by atoms with Crippen LogP contribution in [0, 0.1) is 6.92 Å². The van der Waals surface area contributed by atoms with Gasteiger partial charge in [-0.1, -0.05) is 24.3 Å². The van der Waals surface area contributed by atoms with E-state index in [0.29, 0.717) is 11.5 Å². The Hall–Kier alpha value is -4.84. The van der Waals surface area contributed by atoms with Gasteiger partial charge in [-0.2, -0.15) is 0 Å². The number of hydrogen-bond donors (Lipinski definition) is 1. The summed E-state index contributed by atoms with van der Waals surface area (Å²) in [6, 6.07) is 25.1. The zero-order valence-corrected chi connectivity index (χ0v) is 24.4. The van der Waals surface area contributed by atoms with Crippen molar-refractivity contribution in [2.75, 3.05) is 21.3 Å². The maximum Gasteiger partial charge on any atom is 0.161 e. The average Bonchev–Trinajstić information content (AvgIpc) is 3.47. The van der Waals surface area contributed by atoms with E-state index in [1.165, 1.54) is 16.7 Å². The molecule has 0 amide bonds. The van der Waals surface area contributed by atoms with Crippen molar-refractivity contribution < 1.29 is 19.0 Å². The summed E-state index contributed by atoms with van der Waals surface area (Å²) in [6.45, 7) is 2.04. The summed E-state index contributed by atoms with van der Waals surface area (Å²) in [7, 11) is 4.96. The van der Waals surface area contributed by atoms with Crippen molar-refractivity contribution in [3.63, 3.8) is 0 Å². The van der Waals surface area contributed by atoms with E-state index >= 15 is 0 Å². The number of H-pyrrole nitrogens is 1. The van der Waals surface area contributed by atoms with Crippen LogP contribution in [0.25, 0.3) is 33.9 Å². The predicted molar refractivity (Wildman–Crippen MR) is 166 cm³/mol. The molecular weight excluding hydrogens is 524 g/mol. The number of nitrogens with one attached hydrogen (secondary N) is 1. The molecule has 6 heteroatoms. The molecule has 0 unspecified atom stereocenters. The lowest BCUT2D eigenvalue weighted by Crippen LogP contribution is -2.03. The molecule has 0 saturated carbocycles. The molecule has 1 heterocycles. The number of benzene rings is 4. The molecule has 6 nitrogen and oxygen atoms in total. The molecule has 1 aromatic heterocycles. The molecule has 0 aliphatic heterocycles. The highest BCUT2D eigenvalue weighted by Crippen LogP contribution is 2.39. The second-order valence-electron chi connectivity index (χ2n) is 10.7. The summed E-state index contributed by atoms with van der Waals surface area (Å²) in [5, 5.41) is 0. The third-order valence-corrected chi connectivity index (χ3v) is 8.18. The fraction of sp³-hybridized carbons (Fsp3) is 0.222. The summed E-state index contributed by atoms with van der Waals surface area (Å²) in [5.74, 6) is 2.95. The van der Waals surface area contributed by atoms with E-state index in [-0.39, 0.29) is 0 Å². The number of nitrogens with zero attached hydrogens (tertiary/aromatic N) is 1. The molecule has 0 spiro atoms. The quantitative estimate of drug-likeness (QED) is 0.210. The number of methoxy groups -OCH3 is 3. The first-order valence-electron chi connectivity index (χ1n) is 14.2. The highest BCUT2D eigenvalue weighted by Gasteiger charge is 2.20. The molecule has 1 N–H and O–H groups in total. The van der Waals surface area contributed by atoms with Crippen molar-refractivity contribution in [3.05, 3.63) is 106 Å². The van der Waals surface area contributed by atoms with E-state index in [9.17, 15) is 4.79 Å². The van der Waals surface area contributed by atoms with Crippen molar-refractivity contribution in [2.24, 2.45) is 0 Å². The first-order chi connectivity index (χ1) is 20.5. The van der Waals surface area contributed by atoms with E-state index in [1.54, 1.807) is 21.3 Å². The van der Waals surface area contributed by atoms with Crippen LogP contribution < -0.4 is 14.2 Å². The normalized spacial score (nSPS) is 12.5. The second kappa shape index (κ2) is 11.6. The van der Waals surface area contributed by atoms with Crippen LogP contribution in [0.2, 0.25) is 0 Å². The number of carbonyl (C=O) groups is 1. The number of hydrogen-bond acceptors (Lipinski definition) is 5. The number of imidazole rings is 1. The lowest BCUT2D eigenvalue weighted by molar-refractivity contribution is 0.112. The summed E-state index contributed by atoms with van der Waals surface area (Å²) < 4.78 is 16.7. The third-order valence-electron chi connectivity index (χ3n) is 8.18. The van der Waals surface area contributed by atoms with Gasteiger partial charge in [-0.25, -0.2) is 4.98 Å². The van der Waals surface area contributed by atoms with Gasteiger partial charge in [-0.05, 0) is 109 Å². The lowest BCUT2D eigenvalue weighted by Gasteiger charge is -2.14. The van der Waals surface area contributed by atoms with E-state index in [2.05, 4.69) is 47.4 Å². The van der Waals surface area contributed by atoms with E-state index in [0.717, 1.165) is 88.3 Å². The number of aryl methyl sites for hydroxylation is 5. The Morgan fingerprint density at radius 1 is 0.690 bits per heavy atom. The molecule has 0 atom stereocenters. The van der Waals surface area contributed by atoms with Crippen LogP contribution in [-0.4, -0.2) is 37.6 Å². The van der Waals surface area contributed by atoms with Gasteiger partial charge >= 0.3 is 0 Å². The number of ether oxygens (including phenoxy) is 3. The summed E-state index contributed by atoms with van der Waals surface area (Å²) >= 11 is 0. The van der Waals surface area contributed by atoms with Crippen LogP contribution in [0.1, 0.15) is 38.2 Å². The van der Waals surface area contributed by atoms with Crippen molar-refractivity contribution in [1.29, 1.82) is 0 Å². The van der Waals surface area contributed by atoms with Gasteiger partial charge in [0.25, 0.3) is 0 Å². The maximum absolute atomic E-state index is 11.9. The Bertz CT molecular complexity index is 1790. The van der Waals surface area contributed by atoms with Gasteiger partial charge in [-0.15, -0.1) is 0 Å². The molecule has 0 saturated heterocycles. The molecular formula is C36H34N2O4. The number of carbonyl (C=O) groups excluding carboxylic acids is 1. The zero-order chi connectivity index (χ0) is 29.2. The molecule has 4 bridgehead atoms. The van der Waals surface area contributed by atoms with Crippen LogP contribution in [0.4, 0.5) is 0 Å². The second-order valence-corrected chi connectivity index (χ2v) is 10.7. The first-order valence-corrected chi connectivity index (χ1v) is 14.2. The first kappa shape index (κ1) is 27.3. The molecule has 9 rings (SSSR count). The predicted octanol–water partition coefficient (Wildman–Crippen LogP) is 7.44. The largest absolute Gasteiger partial charge is 0.496 e. The van der Waals surface area contributed by atoms with Gasteiger partial charge in [-0.3, -0.25) is 4.79 Å². The monoisotopic (exact) mass is 558 g/mol. The Morgan fingerprint density at radius 3 is 2.07 bits per heavy atom. The van der Waals surface area contributed by atoms with Crippen LogP contribution >= 0.6 is 0 Å². The van der Waals surface area contributed by atoms with Gasteiger partial charge in [0, 0.05) is 22.3 Å². The molecule has 212 valence electrons. The number of aldehydes is 1. The third kappa shape index (κ3) is 5.16. The molecule has 0 fully saturated rings. The summed E-state index contributed by atoms with van der Waals surface area (Å²) in [6.07, 6.45) is 4.29. The molecule has 5 aromatic rings. The minimum atomic E-state index is 0.644. The van der Waals surface area contributed by atoms with Crippen molar-refractivity contribution in [3.8, 4) is 51.2 Å². The van der Waals surface area contributed by atoms with Gasteiger partial charge in [0.05, 0.1) is 32.7 Å². The minimum Gasteiger partial charge on any atom is -0.496 e. The maximum atomic E-state index is 11.9. The zero-order valence-electron chi connectivity index (χ0n) is 24.4. The van der Waals surface area contributed by atoms with Crippen molar-refractivity contribution in [2.45, 2.75) is 32.6 Å². The Labute approximate surface area is 246 Å². The fourth-order valence-corrected chi connectivity index (χ4v) is 5.85. The Kier molecular flexibility index (Phi) is 7.53. The van der Waals surface area contributed by atoms with E-state index in [4.69, 9.17) is 19.2 Å². The molecule has 4 aliphatic rings. The Morgan fingerprint density at radius 2 is 1.36 bits per heavy atom. The summed E-state index contributed by atoms with van der Waals surface area (Å²) in [5.41, 5.74) is 11.2. The van der Waals surface area contributed by atoms with Crippen LogP contribution in [0.5, 0.6) is 17.2 Å². The molecule has 4 aliphatic carbocycles.